The molecule has 1 aliphatic carbocycles. The van der Waals surface area contributed by atoms with Crippen LogP contribution < -0.4 is 5.32 Å². The zero-order chi connectivity index (χ0) is 24.3. The van der Waals surface area contributed by atoms with Crippen molar-refractivity contribution in [2.75, 3.05) is 5.32 Å². The number of benzene rings is 2. The molecule has 6 nitrogen and oxygen atoms in total. The molecule has 0 atom stereocenters. The Morgan fingerprint density at radius 1 is 1.00 bits per heavy atom. The first-order valence-corrected chi connectivity index (χ1v) is 12.2. The van der Waals surface area contributed by atoms with Gasteiger partial charge in [-0.05, 0) is 49.9 Å². The lowest BCUT2D eigenvalue weighted by Crippen LogP contribution is -2.43. The molecule has 0 unspecified atom stereocenters. The molecule has 1 amide bonds. The van der Waals surface area contributed by atoms with E-state index in [1.165, 1.54) is 0 Å². The molecule has 10 heteroatoms. The van der Waals surface area contributed by atoms with E-state index in [4.69, 9.17) is 55.7 Å². The smallest absolute Gasteiger partial charge is 0.352 e. The van der Waals surface area contributed by atoms with Crippen molar-refractivity contribution in [1.29, 1.82) is 0 Å². The van der Waals surface area contributed by atoms with Crippen LogP contribution in [0, 0.1) is 0 Å². The second-order valence-corrected chi connectivity index (χ2v) is 10.1. The van der Waals surface area contributed by atoms with E-state index in [0.29, 0.717) is 38.3 Å². The number of rotatable bonds is 6. The van der Waals surface area contributed by atoms with Crippen LogP contribution in [0.1, 0.15) is 32.1 Å². The third-order valence-electron chi connectivity index (χ3n) is 5.50. The predicted octanol–water partition coefficient (Wildman–Crippen LogP) is 7.30. The SMILES string of the molecule is O=C(Nc1cccc(-c2cc(-c3c(Cl)cccc3Cl)no2)c1)C(Cl)(Cl)C(=O)OC1CCCCC1. The predicted molar refractivity (Wildman–Crippen MR) is 133 cm³/mol. The van der Waals surface area contributed by atoms with Crippen molar-refractivity contribution in [3.63, 3.8) is 0 Å². The third kappa shape index (κ3) is 5.52. The molecule has 178 valence electrons. The van der Waals surface area contributed by atoms with Crippen LogP contribution in [-0.2, 0) is 14.3 Å². The van der Waals surface area contributed by atoms with Crippen molar-refractivity contribution in [2.45, 2.75) is 42.5 Å². The molecule has 0 bridgehead atoms. The molecule has 1 fully saturated rings. The number of hydrogen-bond donors (Lipinski definition) is 1. The Kier molecular flexibility index (Phi) is 7.73. The summed E-state index contributed by atoms with van der Waals surface area (Å²) in [6, 6.07) is 13.5. The van der Waals surface area contributed by atoms with Crippen molar-refractivity contribution >= 4 is 64.0 Å². The first kappa shape index (κ1) is 24.9. The van der Waals surface area contributed by atoms with Gasteiger partial charge in [-0.25, -0.2) is 4.79 Å². The topological polar surface area (TPSA) is 81.4 Å². The van der Waals surface area contributed by atoms with E-state index in [9.17, 15) is 9.59 Å². The van der Waals surface area contributed by atoms with Gasteiger partial charge in [0.25, 0.3) is 10.2 Å². The first-order valence-electron chi connectivity index (χ1n) is 10.7. The second-order valence-electron chi connectivity index (χ2n) is 7.95. The average Bonchev–Trinajstić information content (AvgIpc) is 3.29. The molecule has 0 spiro atoms. The minimum Gasteiger partial charge on any atom is -0.460 e. The number of aromatic nitrogens is 1. The summed E-state index contributed by atoms with van der Waals surface area (Å²) in [6.07, 6.45) is 4.20. The quantitative estimate of drug-likeness (QED) is 0.201. The standard InChI is InChI=1S/C24H20Cl4N2O4/c25-17-10-5-11-18(26)21(17)19-13-20(34-30-19)14-6-4-7-15(12-14)29-22(31)24(27,28)23(32)33-16-8-2-1-3-9-16/h4-7,10-13,16H,1-3,8-9H2,(H,29,31). The molecule has 1 heterocycles. The highest BCUT2D eigenvalue weighted by Crippen LogP contribution is 2.36. The number of ether oxygens (including phenoxy) is 1. The molecular weight excluding hydrogens is 522 g/mol. The van der Waals surface area contributed by atoms with Crippen LogP contribution in [0.2, 0.25) is 10.0 Å². The Hall–Kier alpha value is -2.25. The van der Waals surface area contributed by atoms with Gasteiger partial charge in [0.2, 0.25) is 0 Å². The van der Waals surface area contributed by atoms with E-state index >= 15 is 0 Å². The monoisotopic (exact) mass is 540 g/mol. The van der Waals surface area contributed by atoms with Crippen molar-refractivity contribution < 1.29 is 18.8 Å². The minimum atomic E-state index is -2.38. The van der Waals surface area contributed by atoms with Gasteiger partial charge < -0.3 is 14.6 Å². The van der Waals surface area contributed by atoms with Crippen LogP contribution in [0.4, 0.5) is 5.69 Å². The molecule has 1 aromatic heterocycles. The highest BCUT2D eigenvalue weighted by Gasteiger charge is 2.45. The number of anilines is 1. The lowest BCUT2D eigenvalue weighted by Gasteiger charge is -2.25. The molecule has 0 saturated heterocycles. The average molecular weight is 542 g/mol. The molecule has 34 heavy (non-hydrogen) atoms. The maximum Gasteiger partial charge on any atom is 0.352 e. The fraction of sp³-hybridized carbons (Fsp3) is 0.292. The number of amides is 1. The number of nitrogens with zero attached hydrogens (tertiary/aromatic N) is 1. The van der Waals surface area contributed by atoms with E-state index in [-0.39, 0.29) is 6.10 Å². The summed E-state index contributed by atoms with van der Waals surface area (Å²) in [5.41, 5.74) is 1.98. The number of carbonyl (C=O) groups excluding carboxylic acids is 2. The largest absolute Gasteiger partial charge is 0.460 e. The molecule has 1 aliphatic rings. The fourth-order valence-corrected chi connectivity index (χ4v) is 4.51. The maximum absolute atomic E-state index is 12.7. The van der Waals surface area contributed by atoms with Crippen LogP contribution in [0.5, 0.6) is 0 Å². The number of halogens is 4. The zero-order valence-electron chi connectivity index (χ0n) is 17.8. The Labute approximate surface area is 216 Å². The highest BCUT2D eigenvalue weighted by molar-refractivity contribution is 6.68. The summed E-state index contributed by atoms with van der Waals surface area (Å²) < 4.78 is 8.44. The van der Waals surface area contributed by atoms with Crippen molar-refractivity contribution in [3.05, 3.63) is 58.6 Å². The van der Waals surface area contributed by atoms with Gasteiger partial charge in [-0.15, -0.1) is 0 Å². The zero-order valence-corrected chi connectivity index (χ0v) is 20.8. The number of esters is 1. The van der Waals surface area contributed by atoms with Crippen molar-refractivity contribution in [1.82, 2.24) is 5.16 Å². The second kappa shape index (κ2) is 10.6. The van der Waals surface area contributed by atoms with Gasteiger partial charge in [0.1, 0.15) is 11.8 Å². The summed E-state index contributed by atoms with van der Waals surface area (Å²) in [4.78, 5) is 25.1. The van der Waals surface area contributed by atoms with Gasteiger partial charge in [0, 0.05) is 22.9 Å². The number of alkyl halides is 2. The molecule has 1 N–H and O–H groups in total. The summed E-state index contributed by atoms with van der Waals surface area (Å²) in [6.45, 7) is 0. The highest BCUT2D eigenvalue weighted by atomic mass is 35.5. The van der Waals surface area contributed by atoms with E-state index in [0.717, 1.165) is 32.1 Å². The number of carbonyl (C=O) groups is 2. The van der Waals surface area contributed by atoms with Gasteiger partial charge in [0.05, 0.1) is 10.0 Å². The van der Waals surface area contributed by atoms with E-state index in [2.05, 4.69) is 10.5 Å². The minimum absolute atomic E-state index is 0.276. The lowest BCUT2D eigenvalue weighted by molar-refractivity contribution is -0.152. The first-order chi connectivity index (χ1) is 16.3. The summed E-state index contributed by atoms with van der Waals surface area (Å²) in [7, 11) is 0. The van der Waals surface area contributed by atoms with E-state index in [1.54, 1.807) is 48.5 Å². The fourth-order valence-electron chi connectivity index (χ4n) is 3.73. The summed E-state index contributed by atoms with van der Waals surface area (Å²) in [5, 5.41) is 7.50. The van der Waals surface area contributed by atoms with Gasteiger partial charge >= 0.3 is 5.97 Å². The molecule has 0 radical (unpaired) electrons. The molecule has 0 aliphatic heterocycles. The molecule has 1 saturated carbocycles. The Morgan fingerprint density at radius 2 is 1.68 bits per heavy atom. The van der Waals surface area contributed by atoms with Crippen LogP contribution in [0.15, 0.2) is 53.1 Å². The Morgan fingerprint density at radius 3 is 2.38 bits per heavy atom. The van der Waals surface area contributed by atoms with Gasteiger partial charge in [-0.1, -0.05) is 76.2 Å². The van der Waals surface area contributed by atoms with E-state index in [1.807, 2.05) is 0 Å². The molecule has 4 rings (SSSR count). The van der Waals surface area contributed by atoms with Crippen molar-refractivity contribution in [2.24, 2.45) is 0 Å². The van der Waals surface area contributed by atoms with Crippen LogP contribution in [0.25, 0.3) is 22.6 Å². The van der Waals surface area contributed by atoms with Gasteiger partial charge in [-0.2, -0.15) is 0 Å². The number of hydrogen-bond acceptors (Lipinski definition) is 5. The maximum atomic E-state index is 12.7. The normalized spacial score (nSPS) is 14.6. The molecular formula is C24H20Cl4N2O4. The summed E-state index contributed by atoms with van der Waals surface area (Å²) >= 11 is 24.7. The van der Waals surface area contributed by atoms with Crippen LogP contribution >= 0.6 is 46.4 Å². The molecule has 3 aromatic rings. The van der Waals surface area contributed by atoms with Crippen molar-refractivity contribution in [3.8, 4) is 22.6 Å². The van der Waals surface area contributed by atoms with Crippen LogP contribution in [0.3, 0.4) is 0 Å². The lowest BCUT2D eigenvalue weighted by atomic mass is 9.98. The number of nitrogens with one attached hydrogen (secondary N) is 1. The van der Waals surface area contributed by atoms with Gasteiger partial charge in [-0.3, -0.25) is 4.79 Å². The van der Waals surface area contributed by atoms with Gasteiger partial charge in [0.15, 0.2) is 5.76 Å². The van der Waals surface area contributed by atoms with Crippen LogP contribution in [-0.4, -0.2) is 27.5 Å². The third-order valence-corrected chi connectivity index (χ3v) is 6.78. The Bertz CT molecular complexity index is 1180. The summed E-state index contributed by atoms with van der Waals surface area (Å²) in [5.74, 6) is -1.47. The molecule has 2 aromatic carbocycles. The van der Waals surface area contributed by atoms with E-state index < -0.39 is 16.2 Å². The Balaban J connectivity index is 1.48.